The van der Waals surface area contributed by atoms with Crippen molar-refractivity contribution in [3.63, 3.8) is 0 Å². The molecule has 9 heteroatoms. The number of ether oxygens (including phenoxy) is 3. The molecule has 1 saturated heterocycles. The van der Waals surface area contributed by atoms with Crippen molar-refractivity contribution in [3.05, 3.63) is 48.0 Å². The molecule has 1 aliphatic heterocycles. The molecule has 0 unspecified atom stereocenters. The quantitative estimate of drug-likeness (QED) is 0.358. The Bertz CT molecular complexity index is 1030. The topological polar surface area (TPSA) is 106 Å². The Morgan fingerprint density at radius 3 is 2.33 bits per heavy atom. The monoisotopic (exact) mass is 497 g/mol. The average molecular weight is 498 g/mol. The van der Waals surface area contributed by atoms with Gasteiger partial charge in [0.05, 0.1) is 38.6 Å². The number of likely N-dealkylation sites (tertiary alicyclic amines) is 1. The van der Waals surface area contributed by atoms with Gasteiger partial charge < -0.3 is 24.8 Å². The maximum atomic E-state index is 12.7. The minimum Gasteiger partial charge on any atom is -0.497 e. The van der Waals surface area contributed by atoms with E-state index < -0.39 is 0 Å². The molecule has 2 amide bonds. The highest BCUT2D eigenvalue weighted by Crippen LogP contribution is 2.29. The van der Waals surface area contributed by atoms with Gasteiger partial charge in [0.25, 0.3) is 0 Å². The molecule has 36 heavy (non-hydrogen) atoms. The molecule has 0 aromatic heterocycles. The van der Waals surface area contributed by atoms with E-state index in [4.69, 9.17) is 14.2 Å². The van der Waals surface area contributed by atoms with Gasteiger partial charge in [0.1, 0.15) is 11.5 Å². The summed E-state index contributed by atoms with van der Waals surface area (Å²) in [5.41, 5.74) is 1.68. The number of methoxy groups -OCH3 is 2. The highest BCUT2D eigenvalue weighted by Gasteiger charge is 2.26. The van der Waals surface area contributed by atoms with E-state index in [1.165, 1.54) is 7.11 Å². The smallest absolute Gasteiger partial charge is 0.338 e. The number of unbranched alkanes of at least 4 members (excludes halogenated alkanes) is 1. The second-order valence-electron chi connectivity index (χ2n) is 8.72. The van der Waals surface area contributed by atoms with E-state index in [1.807, 2.05) is 11.8 Å². The van der Waals surface area contributed by atoms with Gasteiger partial charge in [-0.1, -0.05) is 13.3 Å². The molecule has 0 spiro atoms. The Kier molecular flexibility index (Phi) is 10.1. The van der Waals surface area contributed by atoms with Gasteiger partial charge in [-0.15, -0.1) is 0 Å². The van der Waals surface area contributed by atoms with Crippen LogP contribution in [0.3, 0.4) is 0 Å². The highest BCUT2D eigenvalue weighted by atomic mass is 16.5. The second-order valence-corrected chi connectivity index (χ2v) is 8.72. The lowest BCUT2D eigenvalue weighted by atomic mass is 9.95. The van der Waals surface area contributed by atoms with E-state index in [1.54, 1.807) is 49.6 Å². The Morgan fingerprint density at radius 1 is 0.972 bits per heavy atom. The molecule has 0 atom stereocenters. The molecule has 1 fully saturated rings. The van der Waals surface area contributed by atoms with Gasteiger partial charge in [-0.05, 0) is 68.8 Å². The van der Waals surface area contributed by atoms with Gasteiger partial charge in [0, 0.05) is 17.7 Å². The van der Waals surface area contributed by atoms with E-state index in [0.29, 0.717) is 61.0 Å². The first-order valence-corrected chi connectivity index (χ1v) is 12.3. The first-order chi connectivity index (χ1) is 17.4. The number of carbonyl (C=O) groups is 3. The molecular formula is C27H35N3O6. The van der Waals surface area contributed by atoms with Crippen molar-refractivity contribution in [1.29, 1.82) is 0 Å². The zero-order chi connectivity index (χ0) is 25.9. The maximum absolute atomic E-state index is 12.7. The summed E-state index contributed by atoms with van der Waals surface area (Å²) in [6.45, 7) is 3.97. The highest BCUT2D eigenvalue weighted by molar-refractivity contribution is 5.95. The van der Waals surface area contributed by atoms with E-state index in [9.17, 15) is 14.4 Å². The van der Waals surface area contributed by atoms with Crippen LogP contribution in [0.4, 0.5) is 11.4 Å². The van der Waals surface area contributed by atoms with Crippen LogP contribution in [0.15, 0.2) is 42.5 Å². The summed E-state index contributed by atoms with van der Waals surface area (Å²) in [6, 6.07) is 11.9. The standard InChI is InChI=1S/C27H35N3O6/c1-4-5-16-36-27(33)20-6-8-21(9-7-20)28-26(32)19-12-14-30(15-13-19)18-25(31)29-23-11-10-22(34-2)17-24(23)35-3/h6-11,17,19H,4-5,12-16,18H2,1-3H3,(H,28,32)(H,29,31). The summed E-state index contributed by atoms with van der Waals surface area (Å²) in [7, 11) is 3.11. The van der Waals surface area contributed by atoms with Crippen molar-refractivity contribution in [2.24, 2.45) is 5.92 Å². The summed E-state index contributed by atoms with van der Waals surface area (Å²) in [5, 5.41) is 5.81. The van der Waals surface area contributed by atoms with Crippen molar-refractivity contribution in [1.82, 2.24) is 4.90 Å². The van der Waals surface area contributed by atoms with Gasteiger partial charge >= 0.3 is 5.97 Å². The molecular weight excluding hydrogens is 462 g/mol. The largest absolute Gasteiger partial charge is 0.497 e. The van der Waals surface area contributed by atoms with Crippen LogP contribution in [0.25, 0.3) is 0 Å². The van der Waals surface area contributed by atoms with Crippen molar-refractivity contribution >= 4 is 29.2 Å². The molecule has 2 aromatic carbocycles. The van der Waals surface area contributed by atoms with Gasteiger partial charge in [-0.2, -0.15) is 0 Å². The lowest BCUT2D eigenvalue weighted by Gasteiger charge is -2.30. The van der Waals surface area contributed by atoms with E-state index >= 15 is 0 Å². The predicted molar refractivity (Wildman–Crippen MR) is 138 cm³/mol. The van der Waals surface area contributed by atoms with Crippen LogP contribution in [0.5, 0.6) is 11.5 Å². The van der Waals surface area contributed by atoms with Crippen LogP contribution in [0.1, 0.15) is 43.0 Å². The summed E-state index contributed by atoms with van der Waals surface area (Å²) >= 11 is 0. The van der Waals surface area contributed by atoms with Crippen molar-refractivity contribution < 1.29 is 28.6 Å². The third-order valence-electron chi connectivity index (χ3n) is 6.13. The number of hydrogen-bond donors (Lipinski definition) is 2. The first-order valence-electron chi connectivity index (χ1n) is 12.3. The fraction of sp³-hybridized carbons (Fsp3) is 0.444. The van der Waals surface area contributed by atoms with Crippen molar-refractivity contribution in [2.45, 2.75) is 32.6 Å². The zero-order valence-electron chi connectivity index (χ0n) is 21.2. The fourth-order valence-electron chi connectivity index (χ4n) is 3.97. The summed E-state index contributed by atoms with van der Waals surface area (Å²) in [6.07, 6.45) is 3.11. The molecule has 2 aromatic rings. The number of nitrogens with zero attached hydrogens (tertiary/aromatic N) is 1. The molecule has 0 radical (unpaired) electrons. The van der Waals surface area contributed by atoms with Crippen molar-refractivity contribution in [2.75, 3.05) is 51.1 Å². The number of carbonyl (C=O) groups excluding carboxylic acids is 3. The summed E-state index contributed by atoms with van der Waals surface area (Å²) in [4.78, 5) is 39.3. The van der Waals surface area contributed by atoms with Crippen LogP contribution in [0.2, 0.25) is 0 Å². The Morgan fingerprint density at radius 2 is 1.69 bits per heavy atom. The number of amides is 2. The zero-order valence-corrected chi connectivity index (χ0v) is 21.2. The third-order valence-corrected chi connectivity index (χ3v) is 6.13. The summed E-state index contributed by atoms with van der Waals surface area (Å²) in [5.74, 6) is 0.480. The SMILES string of the molecule is CCCCOC(=O)c1ccc(NC(=O)C2CCN(CC(=O)Nc3ccc(OC)cc3OC)CC2)cc1. The first kappa shape index (κ1) is 27.0. The molecule has 2 N–H and O–H groups in total. The van der Waals surface area contributed by atoms with E-state index in [-0.39, 0.29) is 30.2 Å². The second kappa shape index (κ2) is 13.5. The fourth-order valence-corrected chi connectivity index (χ4v) is 3.97. The van der Waals surface area contributed by atoms with Crippen LogP contribution in [0, 0.1) is 5.92 Å². The number of benzene rings is 2. The summed E-state index contributed by atoms with van der Waals surface area (Å²) < 4.78 is 15.7. The molecule has 0 saturated carbocycles. The Balaban J connectivity index is 1.43. The van der Waals surface area contributed by atoms with E-state index in [0.717, 1.165) is 12.8 Å². The van der Waals surface area contributed by atoms with Crippen LogP contribution >= 0.6 is 0 Å². The van der Waals surface area contributed by atoms with Crippen LogP contribution in [-0.2, 0) is 14.3 Å². The number of anilines is 2. The molecule has 1 heterocycles. The number of hydrogen-bond acceptors (Lipinski definition) is 7. The van der Waals surface area contributed by atoms with Crippen molar-refractivity contribution in [3.8, 4) is 11.5 Å². The van der Waals surface area contributed by atoms with Gasteiger partial charge in [0.15, 0.2) is 0 Å². The molecule has 0 aliphatic carbocycles. The number of esters is 1. The van der Waals surface area contributed by atoms with Gasteiger partial charge in [-0.3, -0.25) is 14.5 Å². The van der Waals surface area contributed by atoms with Gasteiger partial charge in [0.2, 0.25) is 11.8 Å². The minimum absolute atomic E-state index is 0.0552. The third kappa shape index (κ3) is 7.71. The number of rotatable bonds is 11. The number of nitrogens with one attached hydrogen (secondary N) is 2. The maximum Gasteiger partial charge on any atom is 0.338 e. The normalized spacial score (nSPS) is 14.1. The number of piperidine rings is 1. The molecule has 194 valence electrons. The van der Waals surface area contributed by atoms with E-state index in [2.05, 4.69) is 10.6 Å². The van der Waals surface area contributed by atoms with Gasteiger partial charge in [-0.25, -0.2) is 4.79 Å². The molecule has 1 aliphatic rings. The lowest BCUT2D eigenvalue weighted by molar-refractivity contribution is -0.121. The average Bonchev–Trinajstić information content (AvgIpc) is 2.89. The molecule has 9 nitrogen and oxygen atoms in total. The minimum atomic E-state index is -0.358. The van der Waals surface area contributed by atoms with Crippen LogP contribution < -0.4 is 20.1 Å². The van der Waals surface area contributed by atoms with Crippen LogP contribution in [-0.4, -0.2) is 63.1 Å². The Labute approximate surface area is 212 Å². The molecule has 3 rings (SSSR count). The lowest BCUT2D eigenvalue weighted by Crippen LogP contribution is -2.41. The molecule has 0 bridgehead atoms. The Hall–Kier alpha value is -3.59. The predicted octanol–water partition coefficient (Wildman–Crippen LogP) is 3.95.